The van der Waals surface area contributed by atoms with Crippen molar-refractivity contribution in [2.24, 2.45) is 10.9 Å². The predicted molar refractivity (Wildman–Crippen MR) is 79.0 cm³/mol. The van der Waals surface area contributed by atoms with Gasteiger partial charge < -0.3 is 15.8 Å². The van der Waals surface area contributed by atoms with Gasteiger partial charge in [0.2, 0.25) is 0 Å². The van der Waals surface area contributed by atoms with Crippen molar-refractivity contribution in [1.82, 2.24) is 9.78 Å². The quantitative estimate of drug-likeness (QED) is 0.375. The number of rotatable bonds is 5. The Morgan fingerprint density at radius 3 is 2.85 bits per heavy atom. The average Bonchev–Trinajstić information content (AvgIpc) is 2.94. The Kier molecular flexibility index (Phi) is 4.24. The zero-order chi connectivity index (χ0) is 14.5. The van der Waals surface area contributed by atoms with Gasteiger partial charge in [-0.25, -0.2) is 0 Å². The highest BCUT2D eigenvalue weighted by molar-refractivity contribution is 6.02. The van der Waals surface area contributed by atoms with Gasteiger partial charge in [-0.1, -0.05) is 17.3 Å². The van der Waals surface area contributed by atoms with Crippen molar-refractivity contribution in [2.45, 2.75) is 20.0 Å². The number of hydrogen-bond donors (Lipinski definition) is 2. The van der Waals surface area contributed by atoms with Crippen molar-refractivity contribution >= 4 is 11.5 Å². The molecule has 0 saturated heterocycles. The Labute approximate surface area is 118 Å². The summed E-state index contributed by atoms with van der Waals surface area (Å²) in [7, 11) is 1.97. The number of aryl methyl sites for hydroxylation is 1. The molecule has 1 aromatic heterocycles. The van der Waals surface area contributed by atoms with Crippen LogP contribution in [0.15, 0.2) is 41.8 Å². The van der Waals surface area contributed by atoms with Crippen LogP contribution in [0.4, 0.5) is 5.69 Å². The SMILES string of the molecule is CCn1cc(CN(C)c2ccccc2/C(N)=N/O)cn1. The first-order chi connectivity index (χ1) is 9.65. The van der Waals surface area contributed by atoms with Crippen LogP contribution in [-0.4, -0.2) is 27.9 Å². The van der Waals surface area contributed by atoms with Crippen LogP contribution in [0.5, 0.6) is 0 Å². The van der Waals surface area contributed by atoms with E-state index in [9.17, 15) is 0 Å². The number of amidine groups is 1. The first-order valence-corrected chi connectivity index (χ1v) is 6.45. The zero-order valence-electron chi connectivity index (χ0n) is 11.7. The van der Waals surface area contributed by atoms with Gasteiger partial charge in [0.15, 0.2) is 5.84 Å². The highest BCUT2D eigenvalue weighted by Gasteiger charge is 2.11. The van der Waals surface area contributed by atoms with Crippen LogP contribution >= 0.6 is 0 Å². The van der Waals surface area contributed by atoms with E-state index in [1.807, 2.05) is 60.2 Å². The summed E-state index contributed by atoms with van der Waals surface area (Å²) in [6.45, 7) is 3.61. The monoisotopic (exact) mass is 273 g/mol. The highest BCUT2D eigenvalue weighted by atomic mass is 16.4. The van der Waals surface area contributed by atoms with E-state index in [-0.39, 0.29) is 5.84 Å². The fraction of sp³-hybridized carbons (Fsp3) is 0.286. The van der Waals surface area contributed by atoms with Gasteiger partial charge in [0.05, 0.1) is 6.20 Å². The minimum absolute atomic E-state index is 0.108. The van der Waals surface area contributed by atoms with Crippen LogP contribution in [0.3, 0.4) is 0 Å². The second-order valence-corrected chi connectivity index (χ2v) is 4.56. The lowest BCUT2D eigenvalue weighted by Crippen LogP contribution is -2.22. The van der Waals surface area contributed by atoms with Crippen molar-refractivity contribution in [3.63, 3.8) is 0 Å². The Bertz CT molecular complexity index is 605. The van der Waals surface area contributed by atoms with Crippen molar-refractivity contribution < 1.29 is 5.21 Å². The number of benzene rings is 1. The minimum atomic E-state index is 0.108. The molecule has 0 saturated carbocycles. The number of anilines is 1. The summed E-state index contributed by atoms with van der Waals surface area (Å²) >= 11 is 0. The summed E-state index contributed by atoms with van der Waals surface area (Å²) in [4.78, 5) is 2.05. The van der Waals surface area contributed by atoms with Gasteiger partial charge in [0, 0.05) is 43.1 Å². The van der Waals surface area contributed by atoms with Gasteiger partial charge in [-0.15, -0.1) is 0 Å². The van der Waals surface area contributed by atoms with E-state index in [1.165, 1.54) is 0 Å². The van der Waals surface area contributed by atoms with E-state index in [0.29, 0.717) is 12.1 Å². The minimum Gasteiger partial charge on any atom is -0.409 e. The first kappa shape index (κ1) is 13.9. The van der Waals surface area contributed by atoms with E-state index in [4.69, 9.17) is 10.9 Å². The van der Waals surface area contributed by atoms with Crippen molar-refractivity contribution in [3.8, 4) is 0 Å². The van der Waals surface area contributed by atoms with Gasteiger partial charge >= 0.3 is 0 Å². The molecule has 0 amide bonds. The van der Waals surface area contributed by atoms with Crippen LogP contribution in [0.2, 0.25) is 0 Å². The largest absolute Gasteiger partial charge is 0.409 e. The van der Waals surface area contributed by atoms with Crippen LogP contribution in [0.1, 0.15) is 18.1 Å². The maximum Gasteiger partial charge on any atom is 0.172 e. The molecule has 6 nitrogen and oxygen atoms in total. The van der Waals surface area contributed by atoms with Gasteiger partial charge in [-0.05, 0) is 19.1 Å². The Morgan fingerprint density at radius 2 is 2.20 bits per heavy atom. The summed E-state index contributed by atoms with van der Waals surface area (Å²) in [6.07, 6.45) is 3.87. The molecule has 1 aromatic carbocycles. The Balaban J connectivity index is 2.23. The molecule has 0 atom stereocenters. The molecule has 2 aromatic rings. The molecule has 0 bridgehead atoms. The maximum absolute atomic E-state index is 8.85. The van der Waals surface area contributed by atoms with Crippen LogP contribution in [-0.2, 0) is 13.1 Å². The second kappa shape index (κ2) is 6.10. The molecular weight excluding hydrogens is 254 g/mol. The van der Waals surface area contributed by atoms with Crippen molar-refractivity contribution in [1.29, 1.82) is 0 Å². The van der Waals surface area contributed by atoms with Crippen LogP contribution < -0.4 is 10.6 Å². The van der Waals surface area contributed by atoms with Crippen molar-refractivity contribution in [3.05, 3.63) is 47.8 Å². The zero-order valence-corrected chi connectivity index (χ0v) is 11.7. The normalized spacial score (nSPS) is 11.6. The van der Waals surface area contributed by atoms with Crippen molar-refractivity contribution in [2.75, 3.05) is 11.9 Å². The van der Waals surface area contributed by atoms with Gasteiger partial charge in [0.25, 0.3) is 0 Å². The highest BCUT2D eigenvalue weighted by Crippen LogP contribution is 2.20. The van der Waals surface area contributed by atoms with Gasteiger partial charge in [0.1, 0.15) is 0 Å². The number of para-hydroxylation sites is 1. The van der Waals surface area contributed by atoms with Crippen LogP contribution in [0, 0.1) is 0 Å². The third-order valence-corrected chi connectivity index (χ3v) is 3.13. The smallest absolute Gasteiger partial charge is 0.172 e. The molecule has 106 valence electrons. The molecule has 0 unspecified atom stereocenters. The number of nitrogens with zero attached hydrogens (tertiary/aromatic N) is 4. The van der Waals surface area contributed by atoms with Gasteiger partial charge in [-0.3, -0.25) is 4.68 Å². The third kappa shape index (κ3) is 2.90. The topological polar surface area (TPSA) is 79.7 Å². The summed E-state index contributed by atoms with van der Waals surface area (Å²) in [5.74, 6) is 0.108. The molecular formula is C14H19N5O. The summed E-state index contributed by atoms with van der Waals surface area (Å²) in [5.41, 5.74) is 8.44. The summed E-state index contributed by atoms with van der Waals surface area (Å²) in [6, 6.07) is 7.56. The number of aromatic nitrogens is 2. The predicted octanol–water partition coefficient (Wildman–Crippen LogP) is 1.63. The van der Waals surface area contributed by atoms with E-state index in [1.54, 1.807) is 0 Å². The average molecular weight is 273 g/mol. The molecule has 0 spiro atoms. The Morgan fingerprint density at radius 1 is 1.45 bits per heavy atom. The standard InChI is InChI=1S/C14H19N5O/c1-3-19-10-11(8-16-19)9-18(2)13-7-5-4-6-12(13)14(15)17-20/h4-8,10,20H,3,9H2,1-2H3,(H2,15,17). The molecule has 1 heterocycles. The van der Waals surface area contributed by atoms with Gasteiger partial charge in [-0.2, -0.15) is 5.10 Å². The van der Waals surface area contributed by atoms with E-state index >= 15 is 0 Å². The molecule has 0 aliphatic carbocycles. The molecule has 0 fully saturated rings. The molecule has 0 aliphatic heterocycles. The molecule has 0 radical (unpaired) electrons. The maximum atomic E-state index is 8.85. The fourth-order valence-electron chi connectivity index (χ4n) is 2.10. The molecule has 2 rings (SSSR count). The third-order valence-electron chi connectivity index (χ3n) is 3.13. The Hall–Kier alpha value is -2.50. The fourth-order valence-corrected chi connectivity index (χ4v) is 2.10. The molecule has 6 heteroatoms. The van der Waals surface area contributed by atoms with E-state index in [2.05, 4.69) is 10.3 Å². The second-order valence-electron chi connectivity index (χ2n) is 4.56. The lowest BCUT2D eigenvalue weighted by atomic mass is 10.1. The number of oxime groups is 1. The number of hydrogen-bond acceptors (Lipinski definition) is 4. The van der Waals surface area contributed by atoms with E-state index in [0.717, 1.165) is 17.8 Å². The summed E-state index contributed by atoms with van der Waals surface area (Å²) < 4.78 is 1.89. The lowest BCUT2D eigenvalue weighted by Gasteiger charge is -2.21. The molecule has 0 aliphatic rings. The lowest BCUT2D eigenvalue weighted by molar-refractivity contribution is 0.318. The molecule has 20 heavy (non-hydrogen) atoms. The summed E-state index contributed by atoms with van der Waals surface area (Å²) in [5, 5.41) is 16.2. The first-order valence-electron chi connectivity index (χ1n) is 6.45. The van der Waals surface area contributed by atoms with E-state index < -0.39 is 0 Å². The number of nitrogens with two attached hydrogens (primary N) is 1. The van der Waals surface area contributed by atoms with Crippen LogP contribution in [0.25, 0.3) is 0 Å². The molecule has 3 N–H and O–H groups in total.